The number of carbonyl (C=O) groups is 4. The lowest BCUT2D eigenvalue weighted by atomic mass is 10.0. The Morgan fingerprint density at radius 2 is 1.40 bits per heavy atom. The molecule has 1 aromatic carbocycles. The molecule has 0 bridgehead atoms. The number of aliphatic carboxylic acids is 1. The van der Waals surface area contributed by atoms with Crippen LogP contribution in [0.1, 0.15) is 52.0 Å². The first kappa shape index (κ1) is 29.9. The monoisotopic (exact) mass is 493 g/mol. The quantitative estimate of drug-likeness (QED) is 0.166. The third-order valence-electron chi connectivity index (χ3n) is 5.32. The van der Waals surface area contributed by atoms with Gasteiger partial charge in [-0.05, 0) is 62.8 Å². The summed E-state index contributed by atoms with van der Waals surface area (Å²) in [5.74, 6) is -2.87. The second kappa shape index (κ2) is 14.9. The topological polar surface area (TPSA) is 197 Å². The van der Waals surface area contributed by atoms with Crippen LogP contribution >= 0.6 is 0 Å². The first-order valence-corrected chi connectivity index (χ1v) is 11.8. The third kappa shape index (κ3) is 11.2. The molecule has 1 aromatic rings. The Labute approximate surface area is 206 Å². The molecule has 0 fully saturated rings. The lowest BCUT2D eigenvalue weighted by molar-refractivity contribution is -0.142. The minimum Gasteiger partial charge on any atom is -0.508 e. The number of carbonyl (C=O) groups excluding carboxylic acids is 3. The van der Waals surface area contributed by atoms with Crippen molar-refractivity contribution in [2.24, 2.45) is 17.4 Å². The van der Waals surface area contributed by atoms with Crippen LogP contribution in [0.15, 0.2) is 24.3 Å². The van der Waals surface area contributed by atoms with E-state index < -0.39 is 47.9 Å². The lowest BCUT2D eigenvalue weighted by Crippen LogP contribution is -2.57. The highest BCUT2D eigenvalue weighted by Gasteiger charge is 2.30. The van der Waals surface area contributed by atoms with Crippen molar-refractivity contribution in [3.05, 3.63) is 29.8 Å². The van der Waals surface area contributed by atoms with Crippen molar-refractivity contribution in [1.29, 1.82) is 0 Å². The highest BCUT2D eigenvalue weighted by molar-refractivity contribution is 5.94. The van der Waals surface area contributed by atoms with E-state index >= 15 is 0 Å². The SMILES string of the molecule is CC(C)CC(NC(=O)C(CCCCN)NC(=O)C(C)N)C(=O)NC(Cc1ccc(O)cc1)C(=O)O. The maximum Gasteiger partial charge on any atom is 0.326 e. The van der Waals surface area contributed by atoms with Crippen LogP contribution in [0.4, 0.5) is 0 Å². The Morgan fingerprint density at radius 3 is 1.91 bits per heavy atom. The number of phenolic OH excluding ortho intramolecular Hbond substituents is 1. The molecule has 3 amide bonds. The molecule has 0 aromatic heterocycles. The Balaban J connectivity index is 2.98. The number of hydrogen-bond acceptors (Lipinski definition) is 7. The fourth-order valence-corrected chi connectivity index (χ4v) is 3.38. The average Bonchev–Trinajstić information content (AvgIpc) is 2.78. The maximum absolute atomic E-state index is 13.0. The van der Waals surface area contributed by atoms with E-state index in [0.29, 0.717) is 31.4 Å². The molecule has 0 aliphatic carbocycles. The number of carboxylic acid groups (broad SMARTS) is 1. The molecule has 0 spiro atoms. The third-order valence-corrected chi connectivity index (χ3v) is 5.32. The molecule has 9 N–H and O–H groups in total. The Morgan fingerprint density at radius 1 is 0.857 bits per heavy atom. The standard InChI is InChI=1S/C24H39N5O6/c1-14(2)12-19(28-22(32)18(6-4-5-11-25)27-21(31)15(3)26)23(33)29-20(24(34)35)13-16-7-9-17(30)10-8-16/h7-10,14-15,18-20,30H,4-6,11-13,25-26H2,1-3H3,(H,27,31)(H,28,32)(H,29,33)(H,34,35). The molecule has 0 saturated carbocycles. The van der Waals surface area contributed by atoms with Crippen molar-refractivity contribution in [2.45, 2.75) is 77.0 Å². The van der Waals surface area contributed by atoms with E-state index in [-0.39, 0.29) is 24.5 Å². The van der Waals surface area contributed by atoms with Gasteiger partial charge in [0.25, 0.3) is 0 Å². The van der Waals surface area contributed by atoms with Gasteiger partial charge in [0.15, 0.2) is 0 Å². The van der Waals surface area contributed by atoms with Crippen molar-refractivity contribution >= 4 is 23.7 Å². The zero-order chi connectivity index (χ0) is 26.5. The van der Waals surface area contributed by atoms with Crippen LogP contribution in [0.5, 0.6) is 5.75 Å². The van der Waals surface area contributed by atoms with Crippen LogP contribution in [0.3, 0.4) is 0 Å². The summed E-state index contributed by atoms with van der Waals surface area (Å²) >= 11 is 0. The van der Waals surface area contributed by atoms with Gasteiger partial charge in [-0.15, -0.1) is 0 Å². The van der Waals surface area contributed by atoms with Crippen LogP contribution in [0.2, 0.25) is 0 Å². The molecule has 11 nitrogen and oxygen atoms in total. The molecular formula is C24H39N5O6. The second-order valence-electron chi connectivity index (χ2n) is 9.10. The van der Waals surface area contributed by atoms with Gasteiger partial charge in [-0.25, -0.2) is 4.79 Å². The molecule has 1 rings (SSSR count). The molecule has 4 atom stereocenters. The van der Waals surface area contributed by atoms with E-state index in [1.807, 2.05) is 13.8 Å². The minimum atomic E-state index is -1.24. The summed E-state index contributed by atoms with van der Waals surface area (Å²) in [5.41, 5.74) is 11.7. The highest BCUT2D eigenvalue weighted by Crippen LogP contribution is 2.13. The highest BCUT2D eigenvalue weighted by atomic mass is 16.4. The molecule has 196 valence electrons. The van der Waals surface area contributed by atoms with Gasteiger partial charge in [0.05, 0.1) is 6.04 Å². The van der Waals surface area contributed by atoms with Gasteiger partial charge < -0.3 is 37.6 Å². The minimum absolute atomic E-state index is 0.00411. The first-order valence-electron chi connectivity index (χ1n) is 11.8. The predicted octanol–water partition coefficient (Wildman–Crippen LogP) is -0.00400. The van der Waals surface area contributed by atoms with Crippen LogP contribution in [0.25, 0.3) is 0 Å². The number of aromatic hydroxyl groups is 1. The fourth-order valence-electron chi connectivity index (χ4n) is 3.38. The Kier molecular flexibility index (Phi) is 12.7. The largest absolute Gasteiger partial charge is 0.508 e. The van der Waals surface area contributed by atoms with E-state index in [2.05, 4.69) is 16.0 Å². The van der Waals surface area contributed by atoms with Gasteiger partial charge in [0, 0.05) is 6.42 Å². The van der Waals surface area contributed by atoms with Crippen LogP contribution in [0, 0.1) is 5.92 Å². The predicted molar refractivity (Wildman–Crippen MR) is 131 cm³/mol. The number of amides is 3. The molecule has 0 heterocycles. The van der Waals surface area contributed by atoms with Gasteiger partial charge in [-0.3, -0.25) is 14.4 Å². The van der Waals surface area contributed by atoms with E-state index in [4.69, 9.17) is 11.5 Å². The van der Waals surface area contributed by atoms with Gasteiger partial charge in [0.2, 0.25) is 17.7 Å². The Hall–Kier alpha value is -3.18. The van der Waals surface area contributed by atoms with Crippen molar-refractivity contribution in [2.75, 3.05) is 6.54 Å². The number of carboxylic acids is 1. The molecule has 0 radical (unpaired) electrons. The number of phenols is 1. The summed E-state index contributed by atoms with van der Waals surface area (Å²) in [7, 11) is 0. The first-order chi connectivity index (χ1) is 16.4. The maximum atomic E-state index is 13.0. The second-order valence-corrected chi connectivity index (χ2v) is 9.10. The number of hydrogen-bond donors (Lipinski definition) is 7. The molecule has 11 heteroatoms. The van der Waals surface area contributed by atoms with E-state index in [1.165, 1.54) is 19.1 Å². The number of nitrogens with one attached hydrogen (secondary N) is 3. The Bertz CT molecular complexity index is 843. The van der Waals surface area contributed by atoms with Crippen LogP contribution < -0.4 is 27.4 Å². The zero-order valence-corrected chi connectivity index (χ0v) is 20.6. The molecule has 4 unspecified atom stereocenters. The summed E-state index contributed by atoms with van der Waals surface area (Å²) in [6.07, 6.45) is 1.82. The van der Waals surface area contributed by atoms with Gasteiger partial charge >= 0.3 is 5.97 Å². The normalized spacial score (nSPS) is 14.5. The summed E-state index contributed by atoms with van der Waals surface area (Å²) in [4.78, 5) is 49.9. The van der Waals surface area contributed by atoms with Crippen LogP contribution in [-0.2, 0) is 25.6 Å². The van der Waals surface area contributed by atoms with Gasteiger partial charge in [0.1, 0.15) is 23.9 Å². The molecule has 35 heavy (non-hydrogen) atoms. The van der Waals surface area contributed by atoms with Crippen molar-refractivity contribution in [3.8, 4) is 5.75 Å². The summed E-state index contributed by atoms with van der Waals surface area (Å²) < 4.78 is 0. The molecule has 0 saturated heterocycles. The number of rotatable bonds is 15. The summed E-state index contributed by atoms with van der Waals surface area (Å²) in [6.45, 7) is 5.67. The van der Waals surface area contributed by atoms with E-state index in [0.717, 1.165) is 0 Å². The fraction of sp³-hybridized carbons (Fsp3) is 0.583. The summed E-state index contributed by atoms with van der Waals surface area (Å²) in [5, 5.41) is 26.8. The van der Waals surface area contributed by atoms with Crippen molar-refractivity contribution in [1.82, 2.24) is 16.0 Å². The average molecular weight is 494 g/mol. The van der Waals surface area contributed by atoms with Crippen molar-refractivity contribution < 1.29 is 29.4 Å². The number of nitrogens with two attached hydrogens (primary N) is 2. The number of unbranched alkanes of at least 4 members (excludes halogenated alkanes) is 1. The van der Waals surface area contributed by atoms with Crippen LogP contribution in [-0.4, -0.2) is 64.6 Å². The smallest absolute Gasteiger partial charge is 0.326 e. The van der Waals surface area contributed by atoms with Crippen molar-refractivity contribution in [3.63, 3.8) is 0 Å². The van der Waals surface area contributed by atoms with E-state index in [1.54, 1.807) is 12.1 Å². The lowest BCUT2D eigenvalue weighted by Gasteiger charge is -2.26. The number of benzene rings is 1. The molecule has 0 aliphatic heterocycles. The molecular weight excluding hydrogens is 454 g/mol. The summed E-state index contributed by atoms with van der Waals surface area (Å²) in [6, 6.07) is 2.03. The van der Waals surface area contributed by atoms with Gasteiger partial charge in [-0.1, -0.05) is 26.0 Å². The molecule has 0 aliphatic rings. The van der Waals surface area contributed by atoms with E-state index in [9.17, 15) is 29.4 Å². The van der Waals surface area contributed by atoms with Gasteiger partial charge in [-0.2, -0.15) is 0 Å². The zero-order valence-electron chi connectivity index (χ0n) is 20.6.